The Morgan fingerprint density at radius 3 is 2.36 bits per heavy atom. The van der Waals surface area contributed by atoms with Gasteiger partial charge in [0.15, 0.2) is 5.17 Å². The lowest BCUT2D eigenvalue weighted by Crippen LogP contribution is -2.16. The van der Waals surface area contributed by atoms with Gasteiger partial charge in [0.1, 0.15) is 0 Å². The summed E-state index contributed by atoms with van der Waals surface area (Å²) in [7, 11) is 0. The highest BCUT2D eigenvalue weighted by Crippen LogP contribution is 2.14. The first-order valence-corrected chi connectivity index (χ1v) is 5.13. The molecule has 4 nitrogen and oxygen atoms in total. The minimum absolute atomic E-state index is 0.518. The van der Waals surface area contributed by atoms with Gasteiger partial charge in [-0.15, -0.1) is 5.10 Å². The van der Waals surface area contributed by atoms with Gasteiger partial charge in [-0.1, -0.05) is 23.9 Å². The van der Waals surface area contributed by atoms with Gasteiger partial charge in [0.2, 0.25) is 0 Å². The summed E-state index contributed by atoms with van der Waals surface area (Å²) in [6.45, 7) is 0. The van der Waals surface area contributed by atoms with Gasteiger partial charge < -0.3 is 11.5 Å². The van der Waals surface area contributed by atoms with E-state index in [0.29, 0.717) is 5.17 Å². The predicted molar refractivity (Wildman–Crippen MR) is 61.5 cm³/mol. The molecule has 1 aromatic carbocycles. The van der Waals surface area contributed by atoms with Gasteiger partial charge in [0.05, 0.1) is 5.71 Å². The third-order valence-electron chi connectivity index (χ3n) is 1.87. The fraction of sp³-hybridized carbons (Fsp3) is 0.111. The van der Waals surface area contributed by atoms with Crippen molar-refractivity contribution in [2.45, 2.75) is 0 Å². The summed E-state index contributed by atoms with van der Waals surface area (Å²) in [5.41, 5.74) is 13.8. The average Bonchev–Trinajstić information content (AvgIpc) is 2.21. The molecule has 1 aliphatic rings. The second-order valence-corrected chi connectivity index (χ2v) is 3.89. The zero-order chi connectivity index (χ0) is 9.97. The van der Waals surface area contributed by atoms with Crippen molar-refractivity contribution in [3.05, 3.63) is 29.8 Å². The molecular weight excluding hydrogens is 196 g/mol. The highest BCUT2D eigenvalue weighted by molar-refractivity contribution is 8.14. The summed E-state index contributed by atoms with van der Waals surface area (Å²) < 4.78 is 0. The number of nitrogens with zero attached hydrogens (tertiary/aromatic N) is 2. The van der Waals surface area contributed by atoms with E-state index in [-0.39, 0.29) is 0 Å². The van der Waals surface area contributed by atoms with Gasteiger partial charge in [0.25, 0.3) is 0 Å². The predicted octanol–water partition coefficient (Wildman–Crippen LogP) is 1.03. The molecule has 0 radical (unpaired) electrons. The molecule has 0 saturated heterocycles. The van der Waals surface area contributed by atoms with E-state index in [2.05, 4.69) is 10.2 Å². The Bertz CT molecular complexity index is 394. The summed E-state index contributed by atoms with van der Waals surface area (Å²) in [6, 6.07) is 7.58. The van der Waals surface area contributed by atoms with Gasteiger partial charge in [-0.3, -0.25) is 0 Å². The maximum atomic E-state index is 5.59. The van der Waals surface area contributed by atoms with Crippen molar-refractivity contribution < 1.29 is 0 Å². The highest BCUT2D eigenvalue weighted by Gasteiger charge is 2.09. The van der Waals surface area contributed by atoms with Crippen molar-refractivity contribution in [1.29, 1.82) is 0 Å². The normalized spacial score (nSPS) is 16.0. The Morgan fingerprint density at radius 1 is 1.07 bits per heavy atom. The molecule has 72 valence electrons. The molecule has 1 heterocycles. The van der Waals surface area contributed by atoms with Crippen LogP contribution >= 0.6 is 11.8 Å². The second-order valence-electron chi connectivity index (χ2n) is 2.90. The molecule has 0 bridgehead atoms. The molecule has 0 fully saturated rings. The summed E-state index contributed by atoms with van der Waals surface area (Å²) in [4.78, 5) is 0. The van der Waals surface area contributed by atoms with E-state index in [0.717, 1.165) is 22.7 Å². The molecule has 0 atom stereocenters. The maximum absolute atomic E-state index is 5.59. The first kappa shape index (κ1) is 9.08. The molecule has 4 N–H and O–H groups in total. The standard InChI is InChI=1S/C9H10N4S/c10-7-3-1-6(2-4-7)8-5-14-9(11)13-12-8/h1-4H,5,10H2,(H2,11,13). The fourth-order valence-electron chi connectivity index (χ4n) is 1.13. The second kappa shape index (κ2) is 3.71. The van der Waals surface area contributed by atoms with Crippen LogP contribution < -0.4 is 11.5 Å². The van der Waals surface area contributed by atoms with Crippen molar-refractivity contribution in [1.82, 2.24) is 0 Å². The van der Waals surface area contributed by atoms with Crippen LogP contribution in [0, 0.1) is 0 Å². The topological polar surface area (TPSA) is 76.8 Å². The summed E-state index contributed by atoms with van der Waals surface area (Å²) >= 11 is 1.49. The quantitative estimate of drug-likeness (QED) is 0.674. The summed E-state index contributed by atoms with van der Waals surface area (Å²) in [6.07, 6.45) is 0. The van der Waals surface area contributed by atoms with Gasteiger partial charge in [0, 0.05) is 11.4 Å². The minimum Gasteiger partial charge on any atom is -0.399 e. The molecular formula is C9H10N4S. The summed E-state index contributed by atoms with van der Waals surface area (Å²) in [5.74, 6) is 0.763. The van der Waals surface area contributed by atoms with E-state index in [1.165, 1.54) is 11.8 Å². The van der Waals surface area contributed by atoms with E-state index >= 15 is 0 Å². The number of thioether (sulfide) groups is 1. The van der Waals surface area contributed by atoms with Crippen LogP contribution in [0.15, 0.2) is 34.5 Å². The number of rotatable bonds is 1. The molecule has 0 aromatic heterocycles. The summed E-state index contributed by atoms with van der Waals surface area (Å²) in [5, 5.41) is 8.37. The molecule has 2 rings (SSSR count). The molecule has 0 spiro atoms. The van der Waals surface area contributed by atoms with Crippen LogP contribution in [0.3, 0.4) is 0 Å². The molecule has 0 amide bonds. The molecule has 0 unspecified atom stereocenters. The number of amidine groups is 1. The van der Waals surface area contributed by atoms with Crippen molar-refractivity contribution in [3.8, 4) is 0 Å². The van der Waals surface area contributed by atoms with Gasteiger partial charge in [-0.25, -0.2) is 0 Å². The maximum Gasteiger partial charge on any atom is 0.180 e. The number of benzene rings is 1. The smallest absolute Gasteiger partial charge is 0.180 e. The molecule has 5 heteroatoms. The highest BCUT2D eigenvalue weighted by atomic mass is 32.2. The Morgan fingerprint density at radius 2 is 1.79 bits per heavy atom. The first-order valence-electron chi connectivity index (χ1n) is 4.14. The van der Waals surface area contributed by atoms with Crippen LogP contribution in [0.4, 0.5) is 5.69 Å². The van der Waals surface area contributed by atoms with Crippen LogP contribution in [-0.2, 0) is 0 Å². The number of nitrogens with two attached hydrogens (primary N) is 2. The fourth-order valence-corrected chi connectivity index (χ4v) is 1.73. The van der Waals surface area contributed by atoms with Crippen molar-refractivity contribution in [3.63, 3.8) is 0 Å². The Balaban J connectivity index is 2.28. The van der Waals surface area contributed by atoms with E-state index in [9.17, 15) is 0 Å². The van der Waals surface area contributed by atoms with Crippen LogP contribution in [0.5, 0.6) is 0 Å². The van der Waals surface area contributed by atoms with Crippen LogP contribution in [-0.4, -0.2) is 16.6 Å². The van der Waals surface area contributed by atoms with Crippen LogP contribution in [0.25, 0.3) is 0 Å². The average molecular weight is 206 g/mol. The van der Waals surface area contributed by atoms with Crippen molar-refractivity contribution in [2.24, 2.45) is 15.9 Å². The van der Waals surface area contributed by atoms with Crippen LogP contribution in [0.1, 0.15) is 5.56 Å². The molecule has 1 aliphatic heterocycles. The van der Waals surface area contributed by atoms with Crippen molar-refractivity contribution in [2.75, 3.05) is 11.5 Å². The van der Waals surface area contributed by atoms with Crippen LogP contribution in [0.2, 0.25) is 0 Å². The third kappa shape index (κ3) is 1.88. The molecule has 0 aliphatic carbocycles. The van der Waals surface area contributed by atoms with Gasteiger partial charge in [-0.2, -0.15) is 5.10 Å². The Kier molecular flexibility index (Phi) is 2.41. The lowest BCUT2D eigenvalue weighted by molar-refractivity contribution is 1.22. The number of hydrogen-bond acceptors (Lipinski definition) is 5. The van der Waals surface area contributed by atoms with E-state index in [1.54, 1.807) is 0 Å². The lowest BCUT2D eigenvalue weighted by atomic mass is 10.1. The van der Waals surface area contributed by atoms with Gasteiger partial charge >= 0.3 is 0 Å². The Hall–Kier alpha value is -1.49. The monoisotopic (exact) mass is 206 g/mol. The third-order valence-corrected chi connectivity index (χ3v) is 2.67. The molecule has 14 heavy (non-hydrogen) atoms. The Labute approximate surface area is 86.1 Å². The zero-order valence-corrected chi connectivity index (χ0v) is 8.29. The lowest BCUT2D eigenvalue weighted by Gasteiger charge is -2.08. The van der Waals surface area contributed by atoms with E-state index in [4.69, 9.17) is 11.5 Å². The van der Waals surface area contributed by atoms with Gasteiger partial charge in [-0.05, 0) is 17.7 Å². The zero-order valence-electron chi connectivity index (χ0n) is 7.47. The van der Waals surface area contributed by atoms with Crippen molar-refractivity contribution >= 4 is 28.3 Å². The largest absolute Gasteiger partial charge is 0.399 e. The van der Waals surface area contributed by atoms with E-state index in [1.807, 2.05) is 24.3 Å². The molecule has 1 aromatic rings. The number of nitrogen functional groups attached to an aromatic ring is 1. The van der Waals surface area contributed by atoms with E-state index < -0.39 is 0 Å². The number of anilines is 1. The first-order chi connectivity index (χ1) is 6.75. The minimum atomic E-state index is 0.518. The SMILES string of the molecule is NC1=NN=C(c2ccc(N)cc2)CS1. The number of hydrogen-bond donors (Lipinski definition) is 2. The molecule has 0 saturated carbocycles.